The zero-order chi connectivity index (χ0) is 19.4. The van der Waals surface area contributed by atoms with Crippen molar-refractivity contribution in [3.05, 3.63) is 41.2 Å². The third kappa shape index (κ3) is 4.95. The van der Waals surface area contributed by atoms with Gasteiger partial charge in [-0.25, -0.2) is 9.97 Å². The van der Waals surface area contributed by atoms with Crippen LogP contribution in [0.3, 0.4) is 0 Å². The van der Waals surface area contributed by atoms with E-state index in [0.717, 1.165) is 49.1 Å². The molecule has 1 N–H and O–H groups in total. The molecule has 1 aromatic carbocycles. The highest BCUT2D eigenvalue weighted by atomic mass is 16.5. The molecular formula is C20H27N5O2. The zero-order valence-electron chi connectivity index (χ0n) is 16.5. The van der Waals surface area contributed by atoms with E-state index in [1.54, 1.807) is 7.11 Å². The first-order valence-electron chi connectivity index (χ1n) is 9.18. The van der Waals surface area contributed by atoms with Gasteiger partial charge in [0.05, 0.1) is 19.3 Å². The molecule has 27 heavy (non-hydrogen) atoms. The number of hydrogen-bond donors (Lipinski definition) is 1. The van der Waals surface area contributed by atoms with Gasteiger partial charge >= 0.3 is 0 Å². The zero-order valence-corrected chi connectivity index (χ0v) is 16.5. The lowest BCUT2D eigenvalue weighted by atomic mass is 10.2. The minimum atomic E-state index is -0.0324. The molecule has 1 fully saturated rings. The van der Waals surface area contributed by atoms with Gasteiger partial charge in [0, 0.05) is 37.6 Å². The minimum absolute atomic E-state index is 0.0324. The van der Waals surface area contributed by atoms with Gasteiger partial charge in [0.25, 0.3) is 0 Å². The summed E-state index contributed by atoms with van der Waals surface area (Å²) in [5, 5.41) is 2.96. The molecule has 1 saturated heterocycles. The van der Waals surface area contributed by atoms with E-state index in [1.165, 1.54) is 0 Å². The Balaban J connectivity index is 1.54. The topological polar surface area (TPSA) is 70.6 Å². The van der Waals surface area contributed by atoms with Crippen molar-refractivity contribution in [3.8, 4) is 5.75 Å². The number of benzene rings is 1. The number of nitrogens with zero attached hydrogens (tertiary/aromatic N) is 4. The van der Waals surface area contributed by atoms with E-state index in [9.17, 15) is 4.79 Å². The molecule has 0 atom stereocenters. The van der Waals surface area contributed by atoms with E-state index >= 15 is 0 Å². The van der Waals surface area contributed by atoms with Crippen molar-refractivity contribution in [2.75, 3.05) is 50.1 Å². The number of methoxy groups -OCH3 is 1. The molecule has 144 valence electrons. The lowest BCUT2D eigenvalue weighted by Gasteiger charge is -2.34. The van der Waals surface area contributed by atoms with Gasteiger partial charge in [-0.2, -0.15) is 0 Å². The molecule has 1 aliphatic rings. The average Bonchev–Trinajstić information content (AvgIpc) is 2.61. The van der Waals surface area contributed by atoms with E-state index < -0.39 is 0 Å². The number of aryl methyl sites for hydroxylation is 3. The smallest absolute Gasteiger partial charge is 0.238 e. The van der Waals surface area contributed by atoms with E-state index in [-0.39, 0.29) is 5.91 Å². The second-order valence-corrected chi connectivity index (χ2v) is 6.97. The van der Waals surface area contributed by atoms with Gasteiger partial charge in [-0.05, 0) is 44.5 Å². The summed E-state index contributed by atoms with van der Waals surface area (Å²) in [5.41, 5.74) is 3.75. The summed E-state index contributed by atoms with van der Waals surface area (Å²) in [7, 11) is 1.61. The first kappa shape index (κ1) is 19.1. The van der Waals surface area contributed by atoms with Crippen LogP contribution in [0.15, 0.2) is 24.3 Å². The first-order chi connectivity index (χ1) is 12.9. The van der Waals surface area contributed by atoms with Gasteiger partial charge in [0.1, 0.15) is 5.75 Å². The van der Waals surface area contributed by atoms with Crippen molar-refractivity contribution in [3.63, 3.8) is 0 Å². The van der Waals surface area contributed by atoms with Crippen molar-refractivity contribution in [2.45, 2.75) is 20.8 Å². The van der Waals surface area contributed by atoms with Crippen molar-refractivity contribution in [1.82, 2.24) is 14.9 Å². The summed E-state index contributed by atoms with van der Waals surface area (Å²) < 4.78 is 5.32. The molecule has 0 saturated carbocycles. The van der Waals surface area contributed by atoms with Crippen LogP contribution < -0.4 is 15.0 Å². The van der Waals surface area contributed by atoms with Crippen LogP contribution >= 0.6 is 0 Å². The number of carbonyl (C=O) groups excluding carboxylic acids is 1. The Bertz CT molecular complexity index is 796. The van der Waals surface area contributed by atoms with Crippen LogP contribution in [0.1, 0.15) is 17.0 Å². The Hall–Kier alpha value is -2.67. The third-order valence-corrected chi connectivity index (χ3v) is 4.62. The van der Waals surface area contributed by atoms with Gasteiger partial charge in [0.15, 0.2) is 0 Å². The number of ether oxygens (including phenoxy) is 1. The maximum Gasteiger partial charge on any atom is 0.238 e. The predicted molar refractivity (Wildman–Crippen MR) is 107 cm³/mol. The fourth-order valence-corrected chi connectivity index (χ4v) is 3.27. The molecule has 1 amide bonds. The Morgan fingerprint density at radius 3 is 2.37 bits per heavy atom. The van der Waals surface area contributed by atoms with Crippen LogP contribution in [-0.4, -0.2) is 60.6 Å². The van der Waals surface area contributed by atoms with E-state index in [4.69, 9.17) is 4.74 Å². The molecule has 0 bridgehead atoms. The molecule has 7 nitrogen and oxygen atoms in total. The van der Waals surface area contributed by atoms with E-state index in [1.807, 2.05) is 45.0 Å². The van der Waals surface area contributed by atoms with Gasteiger partial charge < -0.3 is 15.0 Å². The van der Waals surface area contributed by atoms with E-state index in [0.29, 0.717) is 18.0 Å². The highest BCUT2D eigenvalue weighted by molar-refractivity contribution is 5.93. The van der Waals surface area contributed by atoms with Crippen LogP contribution in [0, 0.1) is 20.8 Å². The number of anilines is 2. The number of rotatable bonds is 5. The lowest BCUT2D eigenvalue weighted by Crippen LogP contribution is -2.49. The van der Waals surface area contributed by atoms with Gasteiger partial charge in [-0.15, -0.1) is 0 Å². The summed E-state index contributed by atoms with van der Waals surface area (Å²) in [6.07, 6.45) is 0. The molecule has 0 aliphatic carbocycles. The number of aromatic nitrogens is 2. The summed E-state index contributed by atoms with van der Waals surface area (Å²) in [5.74, 6) is 1.42. The normalized spacial score (nSPS) is 14.9. The number of amides is 1. The Kier molecular flexibility index (Phi) is 5.91. The van der Waals surface area contributed by atoms with Crippen LogP contribution in [-0.2, 0) is 4.79 Å². The SMILES string of the molecule is COc1ccc(C)cc1NC(=O)CN1CCN(c2nc(C)cc(C)n2)CC1. The van der Waals surface area contributed by atoms with Crippen molar-refractivity contribution in [2.24, 2.45) is 0 Å². The van der Waals surface area contributed by atoms with Crippen LogP contribution in [0.4, 0.5) is 11.6 Å². The second-order valence-electron chi connectivity index (χ2n) is 6.97. The highest BCUT2D eigenvalue weighted by Crippen LogP contribution is 2.25. The van der Waals surface area contributed by atoms with Crippen molar-refractivity contribution >= 4 is 17.5 Å². The van der Waals surface area contributed by atoms with Crippen LogP contribution in [0.2, 0.25) is 0 Å². The number of piperazine rings is 1. The summed E-state index contributed by atoms with van der Waals surface area (Å²) in [4.78, 5) is 25.8. The standard InChI is InChI=1S/C20H27N5O2/c1-14-5-6-18(27-4)17(11-14)23-19(26)13-24-7-9-25(10-8-24)20-21-15(2)12-16(3)22-20/h5-6,11-12H,7-10,13H2,1-4H3,(H,23,26). The van der Waals surface area contributed by atoms with E-state index in [2.05, 4.69) is 25.1 Å². The Morgan fingerprint density at radius 1 is 1.07 bits per heavy atom. The minimum Gasteiger partial charge on any atom is -0.495 e. The molecular weight excluding hydrogens is 342 g/mol. The third-order valence-electron chi connectivity index (χ3n) is 4.62. The summed E-state index contributed by atoms with van der Waals surface area (Å²) >= 11 is 0. The monoisotopic (exact) mass is 369 g/mol. The van der Waals surface area contributed by atoms with Crippen LogP contribution in [0.25, 0.3) is 0 Å². The number of nitrogens with one attached hydrogen (secondary N) is 1. The van der Waals surface area contributed by atoms with Gasteiger partial charge in [-0.3, -0.25) is 9.69 Å². The van der Waals surface area contributed by atoms with Crippen molar-refractivity contribution < 1.29 is 9.53 Å². The first-order valence-corrected chi connectivity index (χ1v) is 9.18. The molecule has 3 rings (SSSR count). The molecule has 1 aliphatic heterocycles. The Morgan fingerprint density at radius 2 is 1.74 bits per heavy atom. The average molecular weight is 369 g/mol. The molecule has 0 radical (unpaired) electrons. The maximum atomic E-state index is 12.5. The molecule has 0 spiro atoms. The fraction of sp³-hybridized carbons (Fsp3) is 0.450. The molecule has 1 aromatic heterocycles. The quantitative estimate of drug-likeness (QED) is 0.871. The van der Waals surface area contributed by atoms with Crippen molar-refractivity contribution in [1.29, 1.82) is 0 Å². The number of carbonyl (C=O) groups is 1. The lowest BCUT2D eigenvalue weighted by molar-refractivity contribution is -0.117. The molecule has 2 aromatic rings. The summed E-state index contributed by atoms with van der Waals surface area (Å²) in [6, 6.07) is 7.73. The highest BCUT2D eigenvalue weighted by Gasteiger charge is 2.21. The van der Waals surface area contributed by atoms with Gasteiger partial charge in [-0.1, -0.05) is 6.07 Å². The largest absolute Gasteiger partial charge is 0.495 e. The number of hydrogen-bond acceptors (Lipinski definition) is 6. The Labute approximate surface area is 160 Å². The molecule has 7 heteroatoms. The summed E-state index contributed by atoms with van der Waals surface area (Å²) in [6.45, 7) is 9.54. The fourth-order valence-electron chi connectivity index (χ4n) is 3.27. The second kappa shape index (κ2) is 8.35. The maximum absolute atomic E-state index is 12.5. The molecule has 2 heterocycles. The predicted octanol–water partition coefficient (Wildman–Crippen LogP) is 2.17. The molecule has 0 unspecified atom stereocenters. The van der Waals surface area contributed by atoms with Crippen LogP contribution in [0.5, 0.6) is 5.75 Å². The van der Waals surface area contributed by atoms with Gasteiger partial charge in [0.2, 0.25) is 11.9 Å².